The Morgan fingerprint density at radius 3 is 2.82 bits per heavy atom. The van der Waals surface area contributed by atoms with E-state index in [1.54, 1.807) is 19.1 Å². The van der Waals surface area contributed by atoms with Crippen LogP contribution >= 0.6 is 11.3 Å². The minimum atomic E-state index is -0.682. The van der Waals surface area contributed by atoms with Crippen LogP contribution in [-0.2, 0) is 4.79 Å². The van der Waals surface area contributed by atoms with Gasteiger partial charge in [0.25, 0.3) is 11.8 Å². The van der Waals surface area contributed by atoms with E-state index in [9.17, 15) is 4.79 Å². The van der Waals surface area contributed by atoms with Crippen LogP contribution in [0.5, 0.6) is 5.75 Å². The van der Waals surface area contributed by atoms with Crippen molar-refractivity contribution in [2.75, 3.05) is 5.32 Å². The lowest BCUT2D eigenvalue weighted by Gasteiger charge is -2.12. The van der Waals surface area contributed by atoms with Gasteiger partial charge in [0.15, 0.2) is 6.10 Å². The second-order valence-electron chi connectivity index (χ2n) is 4.49. The molecule has 1 aromatic carbocycles. The Morgan fingerprint density at radius 2 is 2.09 bits per heavy atom. The predicted octanol–water partition coefficient (Wildman–Crippen LogP) is 3.20. The van der Waals surface area contributed by atoms with Gasteiger partial charge in [-0.05, 0) is 30.5 Å². The summed E-state index contributed by atoms with van der Waals surface area (Å²) in [5.74, 6) is 0.632. The van der Waals surface area contributed by atoms with Crippen LogP contribution in [0.2, 0.25) is 0 Å². The Kier molecular flexibility index (Phi) is 4.15. The Hall–Kier alpha value is -2.67. The molecule has 1 atom stereocenters. The van der Waals surface area contributed by atoms with Crippen molar-refractivity contribution < 1.29 is 13.9 Å². The molecule has 3 rings (SSSR count). The highest BCUT2D eigenvalue weighted by Crippen LogP contribution is 2.22. The fourth-order valence-electron chi connectivity index (χ4n) is 1.74. The molecule has 2 aromatic heterocycles. The zero-order chi connectivity index (χ0) is 15.4. The number of thiophene rings is 1. The third kappa shape index (κ3) is 3.32. The number of rotatable bonds is 5. The van der Waals surface area contributed by atoms with Crippen molar-refractivity contribution in [3.8, 4) is 17.2 Å². The largest absolute Gasteiger partial charge is 0.481 e. The molecule has 1 N–H and O–H groups in total. The SMILES string of the molecule is CC(Oc1ccccc1)C(=O)Nc1nnc(-c2ccsc2)o1. The lowest BCUT2D eigenvalue weighted by atomic mass is 10.3. The van der Waals surface area contributed by atoms with Crippen LogP contribution in [0.25, 0.3) is 11.5 Å². The van der Waals surface area contributed by atoms with E-state index in [0.717, 1.165) is 5.56 Å². The highest BCUT2D eigenvalue weighted by atomic mass is 32.1. The lowest BCUT2D eigenvalue weighted by molar-refractivity contribution is -0.122. The van der Waals surface area contributed by atoms with Gasteiger partial charge in [0.2, 0.25) is 0 Å². The molecule has 0 aliphatic carbocycles. The highest BCUT2D eigenvalue weighted by molar-refractivity contribution is 7.08. The molecule has 22 heavy (non-hydrogen) atoms. The molecule has 0 bridgehead atoms. The summed E-state index contributed by atoms with van der Waals surface area (Å²) in [6.07, 6.45) is -0.682. The molecule has 6 nitrogen and oxygen atoms in total. The summed E-state index contributed by atoms with van der Waals surface area (Å²) in [6, 6.07) is 11.0. The second kappa shape index (κ2) is 6.40. The summed E-state index contributed by atoms with van der Waals surface area (Å²) in [5, 5.41) is 14.0. The number of nitrogens with one attached hydrogen (secondary N) is 1. The first kappa shape index (κ1) is 14.3. The molecule has 0 radical (unpaired) electrons. The Labute approximate surface area is 130 Å². The number of hydrogen-bond acceptors (Lipinski definition) is 6. The maximum atomic E-state index is 12.1. The van der Waals surface area contributed by atoms with Gasteiger partial charge in [-0.25, -0.2) is 0 Å². The molecule has 7 heteroatoms. The third-order valence-electron chi connectivity index (χ3n) is 2.85. The minimum Gasteiger partial charge on any atom is -0.481 e. The topological polar surface area (TPSA) is 77.2 Å². The first-order valence-corrected chi connectivity index (χ1v) is 7.55. The Bertz CT molecular complexity index is 741. The smallest absolute Gasteiger partial charge is 0.322 e. The van der Waals surface area contributed by atoms with Gasteiger partial charge in [0.1, 0.15) is 5.75 Å². The molecular weight excluding hydrogens is 302 g/mol. The summed E-state index contributed by atoms with van der Waals surface area (Å²) in [7, 11) is 0. The van der Waals surface area contributed by atoms with E-state index in [2.05, 4.69) is 15.5 Å². The molecule has 0 fully saturated rings. The van der Waals surface area contributed by atoms with Gasteiger partial charge >= 0.3 is 6.01 Å². The normalized spacial score (nSPS) is 11.9. The maximum absolute atomic E-state index is 12.1. The Balaban J connectivity index is 1.62. The van der Waals surface area contributed by atoms with Crippen molar-refractivity contribution in [1.29, 1.82) is 0 Å². The average molecular weight is 315 g/mol. The average Bonchev–Trinajstić information content (AvgIpc) is 3.19. The summed E-state index contributed by atoms with van der Waals surface area (Å²) in [5.41, 5.74) is 0.826. The second-order valence-corrected chi connectivity index (χ2v) is 5.27. The van der Waals surface area contributed by atoms with E-state index < -0.39 is 6.10 Å². The van der Waals surface area contributed by atoms with Crippen LogP contribution in [0.15, 0.2) is 51.6 Å². The molecule has 0 aliphatic heterocycles. The lowest BCUT2D eigenvalue weighted by Crippen LogP contribution is -2.30. The van der Waals surface area contributed by atoms with Crippen molar-refractivity contribution >= 4 is 23.3 Å². The number of carbonyl (C=O) groups is 1. The van der Waals surface area contributed by atoms with Crippen LogP contribution in [0.1, 0.15) is 6.92 Å². The zero-order valence-electron chi connectivity index (χ0n) is 11.7. The molecule has 0 spiro atoms. The molecule has 0 saturated carbocycles. The molecule has 112 valence electrons. The van der Waals surface area contributed by atoms with Crippen molar-refractivity contribution in [2.45, 2.75) is 13.0 Å². The van der Waals surface area contributed by atoms with E-state index in [1.165, 1.54) is 11.3 Å². The van der Waals surface area contributed by atoms with Crippen LogP contribution < -0.4 is 10.1 Å². The molecule has 0 saturated heterocycles. The Morgan fingerprint density at radius 1 is 1.27 bits per heavy atom. The van der Waals surface area contributed by atoms with Gasteiger partial charge in [0, 0.05) is 10.9 Å². The van der Waals surface area contributed by atoms with E-state index >= 15 is 0 Å². The standard InChI is InChI=1S/C15H13N3O3S/c1-10(20-12-5-3-2-4-6-12)13(19)16-15-18-17-14(21-15)11-7-8-22-9-11/h2-10H,1H3,(H,16,18,19). The van der Waals surface area contributed by atoms with Crippen molar-refractivity contribution in [3.05, 3.63) is 47.2 Å². The van der Waals surface area contributed by atoms with Gasteiger partial charge in [-0.2, -0.15) is 11.3 Å². The number of ether oxygens (including phenoxy) is 1. The van der Waals surface area contributed by atoms with Crippen molar-refractivity contribution in [1.82, 2.24) is 10.2 Å². The maximum Gasteiger partial charge on any atom is 0.322 e. The monoisotopic (exact) mass is 315 g/mol. The summed E-state index contributed by atoms with van der Waals surface area (Å²) >= 11 is 1.53. The number of benzene rings is 1. The van der Waals surface area contributed by atoms with Crippen molar-refractivity contribution in [3.63, 3.8) is 0 Å². The van der Waals surface area contributed by atoms with Gasteiger partial charge < -0.3 is 9.15 Å². The molecule has 0 aliphatic rings. The number of amides is 1. The number of para-hydroxylation sites is 1. The number of hydrogen-bond donors (Lipinski definition) is 1. The molecule has 3 aromatic rings. The third-order valence-corrected chi connectivity index (χ3v) is 3.53. The molecular formula is C15H13N3O3S. The van der Waals surface area contributed by atoms with Crippen LogP contribution in [0.4, 0.5) is 6.01 Å². The van der Waals surface area contributed by atoms with Gasteiger partial charge in [0.05, 0.1) is 0 Å². The van der Waals surface area contributed by atoms with E-state index in [0.29, 0.717) is 11.6 Å². The predicted molar refractivity (Wildman–Crippen MR) is 82.8 cm³/mol. The van der Waals surface area contributed by atoms with Crippen molar-refractivity contribution in [2.24, 2.45) is 0 Å². The summed E-state index contributed by atoms with van der Waals surface area (Å²) in [4.78, 5) is 12.1. The van der Waals surface area contributed by atoms with E-state index in [4.69, 9.17) is 9.15 Å². The highest BCUT2D eigenvalue weighted by Gasteiger charge is 2.18. The van der Waals surface area contributed by atoms with Crippen LogP contribution in [0, 0.1) is 0 Å². The number of anilines is 1. The molecule has 1 unspecified atom stereocenters. The molecule has 1 amide bonds. The van der Waals surface area contributed by atoms with Crippen LogP contribution in [-0.4, -0.2) is 22.2 Å². The van der Waals surface area contributed by atoms with Gasteiger partial charge in [-0.1, -0.05) is 23.3 Å². The number of nitrogens with zero attached hydrogens (tertiary/aromatic N) is 2. The minimum absolute atomic E-state index is 0.0507. The van der Waals surface area contributed by atoms with Crippen LogP contribution in [0.3, 0.4) is 0 Å². The summed E-state index contributed by atoms with van der Waals surface area (Å²) in [6.45, 7) is 1.65. The first-order chi connectivity index (χ1) is 10.7. The van der Waals surface area contributed by atoms with Gasteiger partial charge in [-0.3, -0.25) is 10.1 Å². The first-order valence-electron chi connectivity index (χ1n) is 6.61. The zero-order valence-corrected chi connectivity index (χ0v) is 12.5. The fourth-order valence-corrected chi connectivity index (χ4v) is 2.37. The molecule has 2 heterocycles. The quantitative estimate of drug-likeness (QED) is 0.782. The van der Waals surface area contributed by atoms with Gasteiger partial charge in [-0.15, -0.1) is 5.10 Å². The van der Waals surface area contributed by atoms with E-state index in [-0.39, 0.29) is 11.9 Å². The fraction of sp³-hybridized carbons (Fsp3) is 0.133. The number of aromatic nitrogens is 2. The summed E-state index contributed by atoms with van der Waals surface area (Å²) < 4.78 is 10.9. The number of carbonyl (C=O) groups excluding carboxylic acids is 1. The van der Waals surface area contributed by atoms with E-state index in [1.807, 2.05) is 35.0 Å².